The molecular formula is C25H31FN4O3S. The van der Waals surface area contributed by atoms with Crippen molar-refractivity contribution in [3.63, 3.8) is 0 Å². The minimum Gasteiger partial charge on any atom is -0.328 e. The lowest BCUT2D eigenvalue weighted by molar-refractivity contribution is -0.118. The maximum atomic E-state index is 13.6. The van der Waals surface area contributed by atoms with Gasteiger partial charge in [-0.1, -0.05) is 13.8 Å². The van der Waals surface area contributed by atoms with Gasteiger partial charge in [0, 0.05) is 44.7 Å². The van der Waals surface area contributed by atoms with Gasteiger partial charge in [-0.05, 0) is 61.7 Å². The van der Waals surface area contributed by atoms with Crippen molar-refractivity contribution in [1.29, 1.82) is 0 Å². The highest BCUT2D eigenvalue weighted by atomic mass is 32.2. The number of rotatable bonds is 8. The van der Waals surface area contributed by atoms with Crippen LogP contribution in [0.1, 0.15) is 45.0 Å². The van der Waals surface area contributed by atoms with Crippen LogP contribution in [0.2, 0.25) is 0 Å². The quantitative estimate of drug-likeness (QED) is 0.480. The first-order valence-electron chi connectivity index (χ1n) is 11.9. The van der Waals surface area contributed by atoms with E-state index >= 15 is 0 Å². The van der Waals surface area contributed by atoms with Crippen LogP contribution < -0.4 is 4.90 Å². The summed E-state index contributed by atoms with van der Waals surface area (Å²) in [5.41, 5.74) is 3.11. The van der Waals surface area contributed by atoms with Crippen LogP contribution in [0, 0.1) is 5.82 Å². The van der Waals surface area contributed by atoms with Crippen LogP contribution >= 0.6 is 0 Å². The molecule has 0 atom stereocenters. The number of hydrogen-bond donors (Lipinski definition) is 0. The fourth-order valence-corrected chi connectivity index (χ4v) is 6.23. The van der Waals surface area contributed by atoms with Crippen LogP contribution in [0.25, 0.3) is 11.0 Å². The maximum absolute atomic E-state index is 13.6. The molecule has 2 aromatic carbocycles. The molecule has 0 saturated heterocycles. The van der Waals surface area contributed by atoms with E-state index in [1.165, 1.54) is 16.4 Å². The molecule has 7 nitrogen and oxygen atoms in total. The summed E-state index contributed by atoms with van der Waals surface area (Å²) >= 11 is 0. The Morgan fingerprint density at radius 3 is 2.59 bits per heavy atom. The monoisotopic (exact) mass is 486 g/mol. The van der Waals surface area contributed by atoms with Gasteiger partial charge < -0.3 is 9.47 Å². The number of hydrogen-bond acceptors (Lipinski definition) is 4. The van der Waals surface area contributed by atoms with E-state index in [9.17, 15) is 17.6 Å². The van der Waals surface area contributed by atoms with E-state index in [4.69, 9.17) is 4.98 Å². The Hall–Kier alpha value is -2.78. The molecule has 0 N–H and O–H groups in total. The molecule has 1 amide bonds. The van der Waals surface area contributed by atoms with Crippen molar-refractivity contribution < 1.29 is 17.6 Å². The summed E-state index contributed by atoms with van der Waals surface area (Å²) in [6.45, 7) is 7.72. The second-order valence-corrected chi connectivity index (χ2v) is 10.4. The highest BCUT2D eigenvalue weighted by Crippen LogP contribution is 2.29. The second-order valence-electron chi connectivity index (χ2n) is 8.43. The number of fused-ring (bicyclic) bond motifs is 2. The summed E-state index contributed by atoms with van der Waals surface area (Å²) in [6, 6.07) is 9.63. The lowest BCUT2D eigenvalue weighted by Gasteiger charge is -2.29. The van der Waals surface area contributed by atoms with Crippen molar-refractivity contribution in [1.82, 2.24) is 13.9 Å². The molecule has 1 aliphatic rings. The van der Waals surface area contributed by atoms with Crippen LogP contribution in [0.4, 0.5) is 10.1 Å². The number of aromatic nitrogens is 2. The molecule has 9 heteroatoms. The summed E-state index contributed by atoms with van der Waals surface area (Å²) in [7, 11) is -3.58. The highest BCUT2D eigenvalue weighted by Gasteiger charge is 2.25. The molecule has 0 saturated carbocycles. The number of anilines is 1. The summed E-state index contributed by atoms with van der Waals surface area (Å²) in [4.78, 5) is 19.7. The largest absolute Gasteiger partial charge is 0.328 e. The number of aryl methyl sites for hydroxylation is 3. The fourth-order valence-electron chi connectivity index (χ4n) is 4.75. The van der Waals surface area contributed by atoms with Crippen molar-refractivity contribution >= 4 is 32.7 Å². The van der Waals surface area contributed by atoms with Crippen LogP contribution in [-0.2, 0) is 34.2 Å². The Morgan fingerprint density at radius 2 is 1.88 bits per heavy atom. The molecule has 0 fully saturated rings. The molecule has 2 heterocycles. The molecule has 34 heavy (non-hydrogen) atoms. The summed E-state index contributed by atoms with van der Waals surface area (Å²) < 4.78 is 42.9. The minimum absolute atomic E-state index is 0.0212. The van der Waals surface area contributed by atoms with Gasteiger partial charge in [0.05, 0.1) is 15.9 Å². The molecule has 3 aromatic rings. The van der Waals surface area contributed by atoms with Gasteiger partial charge in [-0.25, -0.2) is 17.8 Å². The lowest BCUT2D eigenvalue weighted by atomic mass is 10.0. The zero-order valence-corrected chi connectivity index (χ0v) is 20.7. The van der Waals surface area contributed by atoms with Gasteiger partial charge in [-0.2, -0.15) is 4.31 Å². The van der Waals surface area contributed by atoms with Crippen molar-refractivity contribution in [3.05, 3.63) is 53.6 Å². The van der Waals surface area contributed by atoms with Gasteiger partial charge in [0.15, 0.2) is 0 Å². The molecule has 1 aromatic heterocycles. The number of sulfonamides is 1. The van der Waals surface area contributed by atoms with Crippen LogP contribution in [0.5, 0.6) is 0 Å². The Bertz CT molecular complexity index is 1320. The summed E-state index contributed by atoms with van der Waals surface area (Å²) in [5.74, 6) is 0.443. The van der Waals surface area contributed by atoms with E-state index < -0.39 is 10.0 Å². The third-order valence-corrected chi connectivity index (χ3v) is 8.53. The normalized spacial score (nSPS) is 14.1. The Labute approximate surface area is 200 Å². The van der Waals surface area contributed by atoms with Gasteiger partial charge in [0.2, 0.25) is 15.9 Å². The van der Waals surface area contributed by atoms with Gasteiger partial charge in [-0.3, -0.25) is 4.79 Å². The zero-order chi connectivity index (χ0) is 24.5. The average molecular weight is 487 g/mol. The van der Waals surface area contributed by atoms with Crippen molar-refractivity contribution in [3.8, 4) is 0 Å². The Kier molecular flexibility index (Phi) is 7.04. The predicted molar refractivity (Wildman–Crippen MR) is 131 cm³/mol. The summed E-state index contributed by atoms with van der Waals surface area (Å²) in [5, 5.41) is 0. The number of nitrogens with zero attached hydrogens (tertiary/aromatic N) is 4. The summed E-state index contributed by atoms with van der Waals surface area (Å²) in [6.07, 6.45) is 2.28. The van der Waals surface area contributed by atoms with Crippen molar-refractivity contribution in [2.75, 3.05) is 24.5 Å². The van der Waals surface area contributed by atoms with Crippen LogP contribution in [0.3, 0.4) is 0 Å². The Balaban J connectivity index is 1.58. The maximum Gasteiger partial charge on any atom is 0.243 e. The van der Waals surface area contributed by atoms with Gasteiger partial charge in [0.1, 0.15) is 11.6 Å². The van der Waals surface area contributed by atoms with E-state index in [0.29, 0.717) is 38.1 Å². The lowest BCUT2D eigenvalue weighted by Crippen LogP contribution is -2.35. The van der Waals surface area contributed by atoms with E-state index in [1.807, 2.05) is 25.3 Å². The van der Waals surface area contributed by atoms with E-state index in [2.05, 4.69) is 0 Å². The fraction of sp³-hybridized carbons (Fsp3) is 0.440. The molecule has 0 bridgehead atoms. The van der Waals surface area contributed by atoms with E-state index in [-0.39, 0.29) is 23.0 Å². The van der Waals surface area contributed by atoms with Gasteiger partial charge in [0.25, 0.3) is 0 Å². The topological polar surface area (TPSA) is 75.5 Å². The molecular weight excluding hydrogens is 455 g/mol. The number of halogens is 1. The smallest absolute Gasteiger partial charge is 0.243 e. The standard InChI is InChI=1S/C25H31FN4O3S/c1-4-28(5-2)34(32,33)20-10-12-23-21(17-20)27-24(29(23)6-3)13-14-25(31)30-15-7-8-18-16-19(26)9-11-22(18)30/h9-12,16-17H,4-8,13-15H2,1-3H3. The molecule has 0 radical (unpaired) electrons. The van der Waals surface area contributed by atoms with Crippen molar-refractivity contribution in [2.24, 2.45) is 0 Å². The molecule has 0 unspecified atom stereocenters. The number of imidazole rings is 1. The number of carbonyl (C=O) groups is 1. The molecule has 4 rings (SSSR count). The SMILES string of the molecule is CCN(CC)S(=O)(=O)c1ccc2c(c1)nc(CCC(=O)N1CCCc3cc(F)ccc31)n2CC. The van der Waals surface area contributed by atoms with Gasteiger partial charge in [-0.15, -0.1) is 0 Å². The molecule has 0 aliphatic carbocycles. The van der Waals surface area contributed by atoms with E-state index in [1.54, 1.807) is 29.2 Å². The minimum atomic E-state index is -3.58. The zero-order valence-electron chi connectivity index (χ0n) is 19.9. The van der Waals surface area contributed by atoms with Crippen molar-refractivity contribution in [2.45, 2.75) is 57.9 Å². The first kappa shape index (κ1) is 24.3. The predicted octanol–water partition coefficient (Wildman–Crippen LogP) is 4.14. The van der Waals surface area contributed by atoms with Crippen LogP contribution in [0.15, 0.2) is 41.3 Å². The number of carbonyl (C=O) groups excluding carboxylic acids is 1. The number of benzene rings is 2. The van der Waals surface area contributed by atoms with Crippen LogP contribution in [-0.4, -0.2) is 47.8 Å². The number of amides is 1. The average Bonchev–Trinajstić information content (AvgIpc) is 3.19. The van der Waals surface area contributed by atoms with Gasteiger partial charge >= 0.3 is 0 Å². The first-order valence-corrected chi connectivity index (χ1v) is 13.3. The third kappa shape index (κ3) is 4.46. The second kappa shape index (κ2) is 9.84. The Morgan fingerprint density at radius 1 is 1.12 bits per heavy atom. The molecule has 1 aliphatic heterocycles. The third-order valence-electron chi connectivity index (χ3n) is 6.48. The first-order chi connectivity index (χ1) is 16.3. The van der Waals surface area contributed by atoms with E-state index in [0.717, 1.165) is 35.4 Å². The highest BCUT2D eigenvalue weighted by molar-refractivity contribution is 7.89. The molecule has 0 spiro atoms. The molecule has 182 valence electrons.